The number of hydrogen-bond acceptors (Lipinski definition) is 6. The van der Waals surface area contributed by atoms with Gasteiger partial charge in [0, 0.05) is 23.4 Å². The summed E-state index contributed by atoms with van der Waals surface area (Å²) in [6.45, 7) is 4.67. The number of ether oxygens (including phenoxy) is 1. The first kappa shape index (κ1) is 26.5. The van der Waals surface area contributed by atoms with Gasteiger partial charge in [0.05, 0.1) is 6.54 Å². The van der Waals surface area contributed by atoms with Gasteiger partial charge < -0.3 is 24.9 Å². The summed E-state index contributed by atoms with van der Waals surface area (Å²) >= 11 is 0. The number of amides is 2. The Morgan fingerprint density at radius 1 is 1.08 bits per heavy atom. The predicted molar refractivity (Wildman–Crippen MR) is 134 cm³/mol. The van der Waals surface area contributed by atoms with Crippen molar-refractivity contribution in [3.63, 3.8) is 0 Å². The summed E-state index contributed by atoms with van der Waals surface area (Å²) in [7, 11) is 0. The number of benzene rings is 2. The molecule has 2 amide bonds. The molecule has 1 aromatic heterocycles. The van der Waals surface area contributed by atoms with Crippen LogP contribution in [0.4, 0.5) is 0 Å². The van der Waals surface area contributed by atoms with Gasteiger partial charge in [-0.1, -0.05) is 50.6 Å². The molecule has 190 valence electrons. The molecule has 0 unspecified atom stereocenters. The molecule has 9 nitrogen and oxygen atoms in total. The highest BCUT2D eigenvalue weighted by Gasteiger charge is 2.25. The Bertz CT molecular complexity index is 1300. The zero-order valence-electron chi connectivity index (χ0n) is 20.5. The highest BCUT2D eigenvalue weighted by molar-refractivity contribution is 5.88. The Kier molecular flexibility index (Phi) is 8.83. The van der Waals surface area contributed by atoms with E-state index in [-0.39, 0.29) is 19.1 Å². The molecule has 36 heavy (non-hydrogen) atoms. The maximum absolute atomic E-state index is 12.6. The third-order valence-electron chi connectivity index (χ3n) is 6.09. The van der Waals surface area contributed by atoms with Crippen molar-refractivity contribution in [1.29, 1.82) is 0 Å². The molecule has 2 atom stereocenters. The van der Waals surface area contributed by atoms with E-state index in [1.54, 1.807) is 25.1 Å². The number of carbonyl (C=O) groups is 3. The molecule has 0 saturated carbocycles. The molecule has 0 spiro atoms. The van der Waals surface area contributed by atoms with E-state index in [9.17, 15) is 24.3 Å². The van der Waals surface area contributed by atoms with Crippen LogP contribution in [0.1, 0.15) is 37.0 Å². The van der Waals surface area contributed by atoms with Crippen LogP contribution in [0.5, 0.6) is 5.75 Å². The number of carboxylic acid groups (broad SMARTS) is 1. The third kappa shape index (κ3) is 6.71. The zero-order chi connectivity index (χ0) is 26.2. The lowest BCUT2D eigenvalue weighted by Crippen LogP contribution is -2.48. The first-order valence-electron chi connectivity index (χ1n) is 11.7. The van der Waals surface area contributed by atoms with Crippen molar-refractivity contribution in [3.8, 4) is 5.75 Å². The summed E-state index contributed by atoms with van der Waals surface area (Å²) in [5, 5.41) is 14.8. The number of rotatable bonds is 11. The number of carbonyl (C=O) groups excluding carboxylic acids is 2. The molecule has 0 bridgehead atoms. The minimum atomic E-state index is -1.13. The van der Waals surface area contributed by atoms with Gasteiger partial charge in [-0.3, -0.25) is 9.59 Å². The van der Waals surface area contributed by atoms with Gasteiger partial charge in [-0.05, 0) is 36.1 Å². The minimum absolute atomic E-state index is 0.253. The number of nitrogens with one attached hydrogen (secondary N) is 2. The summed E-state index contributed by atoms with van der Waals surface area (Å²) in [5.74, 6) is -2.22. The van der Waals surface area contributed by atoms with Gasteiger partial charge in [0.1, 0.15) is 17.4 Å². The van der Waals surface area contributed by atoms with Crippen molar-refractivity contribution in [2.75, 3.05) is 13.2 Å². The van der Waals surface area contributed by atoms with Gasteiger partial charge in [0.25, 0.3) is 5.91 Å². The number of carboxylic acids is 1. The molecule has 0 aliphatic heterocycles. The third-order valence-corrected chi connectivity index (χ3v) is 6.09. The molecular weight excluding hydrogens is 464 g/mol. The second kappa shape index (κ2) is 12.0. The van der Waals surface area contributed by atoms with E-state index in [1.807, 2.05) is 44.2 Å². The quantitative estimate of drug-likeness (QED) is 0.349. The van der Waals surface area contributed by atoms with Crippen LogP contribution in [-0.2, 0) is 20.8 Å². The minimum Gasteiger partial charge on any atom is -0.484 e. The fourth-order valence-electron chi connectivity index (χ4n) is 3.75. The Morgan fingerprint density at radius 2 is 1.81 bits per heavy atom. The topological polar surface area (TPSA) is 135 Å². The Morgan fingerprint density at radius 3 is 2.47 bits per heavy atom. The van der Waals surface area contributed by atoms with Crippen LogP contribution in [0.25, 0.3) is 11.0 Å². The van der Waals surface area contributed by atoms with Crippen LogP contribution in [0.2, 0.25) is 0 Å². The van der Waals surface area contributed by atoms with Crippen molar-refractivity contribution in [2.45, 2.75) is 39.7 Å². The van der Waals surface area contributed by atoms with E-state index in [2.05, 4.69) is 10.6 Å². The number of aryl methyl sites for hydroxylation is 1. The average Bonchev–Trinajstić information content (AvgIpc) is 2.87. The lowest BCUT2D eigenvalue weighted by Gasteiger charge is -2.20. The molecule has 0 saturated heterocycles. The number of fused-ring (bicyclic) bond motifs is 1. The average molecular weight is 495 g/mol. The largest absolute Gasteiger partial charge is 0.484 e. The maximum atomic E-state index is 12.6. The standard InChI is InChI=1S/C27H30N2O7/c1-4-16(2)25(26(32)33)29-23(30)14-28-24(31)15-35-19-10-11-20-17(3)21(27(34)36-22(20)13-19)12-18-8-6-5-7-9-18/h5-11,13,16,25H,4,12,14-15H2,1-3H3,(H,28,31)(H,29,30)(H,32,33)/t16-,25-/m1/s1. The van der Waals surface area contributed by atoms with E-state index >= 15 is 0 Å². The van der Waals surface area contributed by atoms with Gasteiger partial charge in [0.15, 0.2) is 6.61 Å². The van der Waals surface area contributed by atoms with Crippen LogP contribution in [0, 0.1) is 12.8 Å². The van der Waals surface area contributed by atoms with Gasteiger partial charge >= 0.3 is 11.6 Å². The highest BCUT2D eigenvalue weighted by atomic mass is 16.5. The highest BCUT2D eigenvalue weighted by Crippen LogP contribution is 2.25. The van der Waals surface area contributed by atoms with Crippen molar-refractivity contribution >= 4 is 28.8 Å². The number of aliphatic carboxylic acids is 1. The van der Waals surface area contributed by atoms with Gasteiger partial charge in [-0.25, -0.2) is 9.59 Å². The molecule has 2 aromatic carbocycles. The fourth-order valence-corrected chi connectivity index (χ4v) is 3.75. The summed E-state index contributed by atoms with van der Waals surface area (Å²) in [4.78, 5) is 48.1. The van der Waals surface area contributed by atoms with E-state index in [0.717, 1.165) is 16.5 Å². The summed E-state index contributed by atoms with van der Waals surface area (Å²) < 4.78 is 11.0. The van der Waals surface area contributed by atoms with Crippen molar-refractivity contribution in [1.82, 2.24) is 10.6 Å². The van der Waals surface area contributed by atoms with Crippen LogP contribution < -0.4 is 21.0 Å². The normalized spacial score (nSPS) is 12.5. The molecule has 3 rings (SSSR count). The second-order valence-electron chi connectivity index (χ2n) is 8.65. The van der Waals surface area contributed by atoms with Crippen molar-refractivity contribution < 1.29 is 28.6 Å². The van der Waals surface area contributed by atoms with Crippen LogP contribution in [0.3, 0.4) is 0 Å². The van der Waals surface area contributed by atoms with Crippen LogP contribution in [0.15, 0.2) is 57.7 Å². The SMILES string of the molecule is CC[C@@H](C)[C@@H](NC(=O)CNC(=O)COc1ccc2c(C)c(Cc3ccccc3)c(=O)oc2c1)C(=O)O. The predicted octanol–water partition coefficient (Wildman–Crippen LogP) is 2.80. The van der Waals surface area contributed by atoms with E-state index < -0.39 is 29.5 Å². The molecule has 9 heteroatoms. The molecule has 0 radical (unpaired) electrons. The van der Waals surface area contributed by atoms with Crippen LogP contribution in [-0.4, -0.2) is 42.1 Å². The summed E-state index contributed by atoms with van der Waals surface area (Å²) in [6.07, 6.45) is 1.04. The molecule has 3 N–H and O–H groups in total. The molecule has 0 aliphatic carbocycles. The smallest absolute Gasteiger partial charge is 0.340 e. The molecule has 0 aliphatic rings. The summed E-state index contributed by atoms with van der Waals surface area (Å²) in [5.41, 5.74) is 2.32. The molecule has 1 heterocycles. The summed E-state index contributed by atoms with van der Waals surface area (Å²) in [6, 6.07) is 13.6. The Labute approximate surface area is 208 Å². The monoisotopic (exact) mass is 494 g/mol. The first-order valence-corrected chi connectivity index (χ1v) is 11.7. The second-order valence-corrected chi connectivity index (χ2v) is 8.65. The lowest BCUT2D eigenvalue weighted by atomic mass is 9.99. The zero-order valence-corrected chi connectivity index (χ0v) is 20.5. The Balaban J connectivity index is 1.59. The van der Waals surface area contributed by atoms with Crippen molar-refractivity contribution in [2.24, 2.45) is 5.92 Å². The van der Waals surface area contributed by atoms with Gasteiger partial charge in [0.2, 0.25) is 5.91 Å². The van der Waals surface area contributed by atoms with E-state index in [4.69, 9.17) is 9.15 Å². The number of hydrogen-bond donors (Lipinski definition) is 3. The van der Waals surface area contributed by atoms with E-state index in [0.29, 0.717) is 29.7 Å². The van der Waals surface area contributed by atoms with Crippen LogP contribution >= 0.6 is 0 Å². The van der Waals surface area contributed by atoms with Crippen molar-refractivity contribution in [3.05, 3.63) is 75.6 Å². The molecule has 0 fully saturated rings. The van der Waals surface area contributed by atoms with Gasteiger partial charge in [-0.15, -0.1) is 0 Å². The first-order chi connectivity index (χ1) is 17.2. The van der Waals surface area contributed by atoms with Gasteiger partial charge in [-0.2, -0.15) is 0 Å². The molecular formula is C27H30N2O7. The maximum Gasteiger partial charge on any atom is 0.340 e. The van der Waals surface area contributed by atoms with E-state index in [1.165, 1.54) is 0 Å². The lowest BCUT2D eigenvalue weighted by molar-refractivity contribution is -0.143. The molecule has 3 aromatic rings. The fraction of sp³-hybridized carbons (Fsp3) is 0.333. The Hall–Kier alpha value is -4.14.